The maximum atomic E-state index is 12.7. The van der Waals surface area contributed by atoms with Crippen LogP contribution in [0.2, 0.25) is 0 Å². The molecule has 0 atom stereocenters. The third-order valence-electron chi connectivity index (χ3n) is 5.22. The topological polar surface area (TPSA) is 58.6 Å². The summed E-state index contributed by atoms with van der Waals surface area (Å²) >= 11 is 0. The SMILES string of the molecule is COc1ccc(C(=O)NC2CCN(C(=O)c3ccc(C)c(C)c3)CC2)cc1. The molecule has 3 rings (SSSR count). The lowest BCUT2D eigenvalue weighted by atomic mass is 10.0. The van der Waals surface area contributed by atoms with E-state index in [1.54, 1.807) is 31.4 Å². The lowest BCUT2D eigenvalue weighted by molar-refractivity contribution is 0.0698. The summed E-state index contributed by atoms with van der Waals surface area (Å²) in [5, 5.41) is 3.07. The molecule has 1 heterocycles. The Morgan fingerprint density at radius 3 is 2.19 bits per heavy atom. The minimum absolute atomic E-state index is 0.0676. The molecule has 5 heteroatoms. The van der Waals surface area contributed by atoms with Crippen LogP contribution < -0.4 is 10.1 Å². The summed E-state index contributed by atoms with van der Waals surface area (Å²) < 4.78 is 5.11. The van der Waals surface area contributed by atoms with E-state index in [4.69, 9.17) is 4.74 Å². The molecule has 2 amide bonds. The van der Waals surface area contributed by atoms with Crippen molar-refractivity contribution >= 4 is 11.8 Å². The van der Waals surface area contributed by atoms with Gasteiger partial charge in [-0.1, -0.05) is 6.07 Å². The fourth-order valence-electron chi connectivity index (χ4n) is 3.30. The normalized spacial score (nSPS) is 14.7. The zero-order chi connectivity index (χ0) is 19.4. The smallest absolute Gasteiger partial charge is 0.253 e. The highest BCUT2D eigenvalue weighted by atomic mass is 16.5. The Balaban J connectivity index is 1.54. The van der Waals surface area contributed by atoms with Gasteiger partial charge in [-0.25, -0.2) is 0 Å². The molecule has 1 fully saturated rings. The molecule has 0 aliphatic carbocycles. The molecule has 0 unspecified atom stereocenters. The third-order valence-corrected chi connectivity index (χ3v) is 5.22. The largest absolute Gasteiger partial charge is 0.497 e. The van der Waals surface area contributed by atoms with Gasteiger partial charge in [0, 0.05) is 30.3 Å². The van der Waals surface area contributed by atoms with Gasteiger partial charge in [0.1, 0.15) is 5.75 Å². The number of ether oxygens (including phenoxy) is 1. The highest BCUT2D eigenvalue weighted by Gasteiger charge is 2.25. The van der Waals surface area contributed by atoms with Gasteiger partial charge in [0.05, 0.1) is 7.11 Å². The molecule has 0 radical (unpaired) electrons. The van der Waals surface area contributed by atoms with Crippen LogP contribution in [-0.4, -0.2) is 43.0 Å². The van der Waals surface area contributed by atoms with Crippen LogP contribution >= 0.6 is 0 Å². The molecule has 27 heavy (non-hydrogen) atoms. The van der Waals surface area contributed by atoms with E-state index in [0.717, 1.165) is 29.7 Å². The van der Waals surface area contributed by atoms with Gasteiger partial charge in [-0.15, -0.1) is 0 Å². The van der Waals surface area contributed by atoms with Crippen LogP contribution in [-0.2, 0) is 0 Å². The van der Waals surface area contributed by atoms with Crippen LogP contribution in [0.5, 0.6) is 5.75 Å². The predicted molar refractivity (Wildman–Crippen MR) is 105 cm³/mol. The molecule has 1 N–H and O–H groups in total. The Morgan fingerprint density at radius 1 is 0.963 bits per heavy atom. The summed E-state index contributed by atoms with van der Waals surface area (Å²) in [6, 6.07) is 13.0. The van der Waals surface area contributed by atoms with Crippen molar-refractivity contribution < 1.29 is 14.3 Å². The summed E-state index contributed by atoms with van der Waals surface area (Å²) in [6.07, 6.45) is 1.52. The maximum absolute atomic E-state index is 12.7. The van der Waals surface area contributed by atoms with Gasteiger partial charge in [-0.2, -0.15) is 0 Å². The number of likely N-dealkylation sites (tertiary alicyclic amines) is 1. The van der Waals surface area contributed by atoms with Gasteiger partial charge in [-0.3, -0.25) is 9.59 Å². The highest BCUT2D eigenvalue weighted by Crippen LogP contribution is 2.17. The summed E-state index contributed by atoms with van der Waals surface area (Å²) in [6.45, 7) is 5.37. The zero-order valence-corrected chi connectivity index (χ0v) is 16.1. The number of nitrogens with zero attached hydrogens (tertiary/aromatic N) is 1. The highest BCUT2D eigenvalue weighted by molar-refractivity contribution is 5.95. The number of carbonyl (C=O) groups excluding carboxylic acids is 2. The molecule has 0 saturated carbocycles. The van der Waals surface area contributed by atoms with Gasteiger partial charge in [0.15, 0.2) is 0 Å². The standard InChI is InChI=1S/C22H26N2O3/c1-15-4-5-18(14-16(15)2)22(26)24-12-10-19(11-13-24)23-21(25)17-6-8-20(27-3)9-7-17/h4-9,14,19H,10-13H2,1-3H3,(H,23,25). The number of rotatable bonds is 4. The van der Waals surface area contributed by atoms with Crippen LogP contribution in [0.4, 0.5) is 0 Å². The van der Waals surface area contributed by atoms with Gasteiger partial charge in [0.2, 0.25) is 0 Å². The molecular formula is C22H26N2O3. The lowest BCUT2D eigenvalue weighted by Gasteiger charge is -2.32. The van der Waals surface area contributed by atoms with E-state index in [-0.39, 0.29) is 17.9 Å². The van der Waals surface area contributed by atoms with E-state index < -0.39 is 0 Å². The molecule has 5 nitrogen and oxygen atoms in total. The van der Waals surface area contributed by atoms with Crippen LogP contribution in [0.15, 0.2) is 42.5 Å². The number of hydrogen-bond donors (Lipinski definition) is 1. The number of nitrogens with one attached hydrogen (secondary N) is 1. The Bertz CT molecular complexity index is 822. The Kier molecular flexibility index (Phi) is 5.79. The zero-order valence-electron chi connectivity index (χ0n) is 16.1. The number of piperidine rings is 1. The van der Waals surface area contributed by atoms with Crippen molar-refractivity contribution in [1.29, 1.82) is 0 Å². The third kappa shape index (κ3) is 4.48. The number of carbonyl (C=O) groups is 2. The number of hydrogen-bond acceptors (Lipinski definition) is 3. The molecule has 1 aliphatic heterocycles. The Hall–Kier alpha value is -2.82. The van der Waals surface area contributed by atoms with Crippen LogP contribution in [0.1, 0.15) is 44.7 Å². The van der Waals surface area contributed by atoms with E-state index in [1.165, 1.54) is 5.56 Å². The summed E-state index contributed by atoms with van der Waals surface area (Å²) in [5.74, 6) is 0.708. The first-order valence-electron chi connectivity index (χ1n) is 9.29. The fraction of sp³-hybridized carbons (Fsp3) is 0.364. The summed E-state index contributed by atoms with van der Waals surface area (Å²) in [7, 11) is 1.60. The van der Waals surface area contributed by atoms with Crippen molar-refractivity contribution in [2.45, 2.75) is 32.7 Å². The van der Waals surface area contributed by atoms with Crippen molar-refractivity contribution in [3.8, 4) is 5.75 Å². The second kappa shape index (κ2) is 8.25. The van der Waals surface area contributed by atoms with Crippen molar-refractivity contribution in [3.63, 3.8) is 0 Å². The molecule has 142 valence electrons. The average molecular weight is 366 g/mol. The first kappa shape index (κ1) is 19.0. The van der Waals surface area contributed by atoms with Gasteiger partial charge < -0.3 is 15.0 Å². The second-order valence-corrected chi connectivity index (χ2v) is 7.07. The second-order valence-electron chi connectivity index (χ2n) is 7.07. The first-order chi connectivity index (χ1) is 13.0. The minimum atomic E-state index is -0.0865. The lowest BCUT2D eigenvalue weighted by Crippen LogP contribution is -2.46. The number of methoxy groups -OCH3 is 1. The molecule has 0 bridgehead atoms. The van der Waals surface area contributed by atoms with E-state index in [1.807, 2.05) is 36.9 Å². The van der Waals surface area contributed by atoms with Crippen molar-refractivity contribution in [2.75, 3.05) is 20.2 Å². The monoisotopic (exact) mass is 366 g/mol. The molecule has 0 aromatic heterocycles. The Labute approximate surface area is 160 Å². The number of benzene rings is 2. The van der Waals surface area contributed by atoms with E-state index in [2.05, 4.69) is 5.32 Å². The molecule has 0 spiro atoms. The van der Waals surface area contributed by atoms with Crippen LogP contribution in [0.3, 0.4) is 0 Å². The van der Waals surface area contributed by atoms with E-state index in [0.29, 0.717) is 18.7 Å². The van der Waals surface area contributed by atoms with Gasteiger partial charge in [-0.05, 0) is 74.2 Å². The summed E-state index contributed by atoms with van der Waals surface area (Å²) in [5.41, 5.74) is 3.66. The van der Waals surface area contributed by atoms with E-state index in [9.17, 15) is 9.59 Å². The van der Waals surface area contributed by atoms with E-state index >= 15 is 0 Å². The van der Waals surface area contributed by atoms with Crippen LogP contribution in [0.25, 0.3) is 0 Å². The van der Waals surface area contributed by atoms with Crippen molar-refractivity contribution in [2.24, 2.45) is 0 Å². The number of amides is 2. The van der Waals surface area contributed by atoms with Crippen LogP contribution in [0, 0.1) is 13.8 Å². The van der Waals surface area contributed by atoms with Crippen molar-refractivity contribution in [3.05, 3.63) is 64.7 Å². The van der Waals surface area contributed by atoms with Crippen molar-refractivity contribution in [1.82, 2.24) is 10.2 Å². The van der Waals surface area contributed by atoms with Gasteiger partial charge >= 0.3 is 0 Å². The number of aryl methyl sites for hydroxylation is 2. The van der Waals surface area contributed by atoms with Gasteiger partial charge in [0.25, 0.3) is 11.8 Å². The quantitative estimate of drug-likeness (QED) is 0.903. The molecular weight excluding hydrogens is 340 g/mol. The molecule has 2 aromatic rings. The minimum Gasteiger partial charge on any atom is -0.497 e. The summed E-state index contributed by atoms with van der Waals surface area (Å²) in [4.78, 5) is 27.0. The Morgan fingerprint density at radius 2 is 1.59 bits per heavy atom. The molecule has 2 aromatic carbocycles. The first-order valence-corrected chi connectivity index (χ1v) is 9.29. The molecule has 1 aliphatic rings. The maximum Gasteiger partial charge on any atom is 0.253 e. The predicted octanol–water partition coefficient (Wildman–Crippen LogP) is 3.35. The molecule has 1 saturated heterocycles. The fourth-order valence-corrected chi connectivity index (χ4v) is 3.30. The average Bonchev–Trinajstić information content (AvgIpc) is 2.70.